The number of piperazine rings is 1. The van der Waals surface area contributed by atoms with Gasteiger partial charge in [-0.15, -0.1) is 11.3 Å². The third-order valence-corrected chi connectivity index (χ3v) is 7.53. The molecule has 33 heavy (non-hydrogen) atoms. The van der Waals surface area contributed by atoms with Crippen LogP contribution in [0.3, 0.4) is 0 Å². The molecule has 178 valence electrons. The SMILES string of the molecule is Cc1nc(Nc2ncc(C(O)Nc3c(Cl)csc3CF)s2)cc(N2CCN(CCO)CC2)n1. The summed E-state index contributed by atoms with van der Waals surface area (Å²) in [5.74, 6) is 2.08. The number of aliphatic hydroxyl groups excluding tert-OH is 2. The van der Waals surface area contributed by atoms with Gasteiger partial charge in [0.25, 0.3) is 0 Å². The molecule has 1 atom stereocenters. The lowest BCUT2D eigenvalue weighted by Crippen LogP contribution is -2.47. The van der Waals surface area contributed by atoms with Crippen LogP contribution in [0, 0.1) is 6.92 Å². The molecule has 1 aliphatic rings. The highest BCUT2D eigenvalue weighted by Gasteiger charge is 2.20. The molecule has 1 fully saturated rings. The van der Waals surface area contributed by atoms with Gasteiger partial charge in [0, 0.05) is 50.4 Å². The van der Waals surface area contributed by atoms with Gasteiger partial charge in [-0.05, 0) is 6.92 Å². The summed E-state index contributed by atoms with van der Waals surface area (Å²) in [4.78, 5) is 18.8. The van der Waals surface area contributed by atoms with Crippen molar-refractivity contribution < 1.29 is 14.6 Å². The number of nitrogens with zero attached hydrogens (tertiary/aromatic N) is 5. The van der Waals surface area contributed by atoms with E-state index < -0.39 is 12.9 Å². The van der Waals surface area contributed by atoms with Crippen molar-refractivity contribution in [3.63, 3.8) is 0 Å². The van der Waals surface area contributed by atoms with Crippen molar-refractivity contribution >= 4 is 56.7 Å². The minimum absolute atomic E-state index is 0.165. The number of hydrogen-bond donors (Lipinski definition) is 4. The molecule has 0 bridgehead atoms. The zero-order valence-electron chi connectivity index (χ0n) is 18.0. The zero-order valence-corrected chi connectivity index (χ0v) is 20.4. The minimum atomic E-state index is -1.08. The maximum atomic E-state index is 13.1. The predicted molar refractivity (Wildman–Crippen MR) is 131 cm³/mol. The fraction of sp³-hybridized carbons (Fsp3) is 0.450. The van der Waals surface area contributed by atoms with Gasteiger partial charge in [-0.25, -0.2) is 19.3 Å². The second kappa shape index (κ2) is 10.9. The first-order valence-corrected chi connectivity index (χ1v) is 12.5. The molecule has 3 aromatic heterocycles. The molecule has 4 rings (SSSR count). The van der Waals surface area contributed by atoms with Crippen LogP contribution >= 0.6 is 34.3 Å². The molecule has 0 aliphatic carbocycles. The zero-order chi connectivity index (χ0) is 23.4. The van der Waals surface area contributed by atoms with Crippen molar-refractivity contribution in [2.45, 2.75) is 19.8 Å². The van der Waals surface area contributed by atoms with Crippen LogP contribution in [0.2, 0.25) is 5.02 Å². The number of aliphatic hydroxyl groups is 2. The molecular weight excluding hydrogens is 489 g/mol. The number of hydrogen-bond acceptors (Lipinski definition) is 11. The van der Waals surface area contributed by atoms with Gasteiger partial charge in [-0.2, -0.15) is 0 Å². The van der Waals surface area contributed by atoms with E-state index in [-0.39, 0.29) is 6.61 Å². The molecule has 0 amide bonds. The summed E-state index contributed by atoms with van der Waals surface area (Å²) in [6, 6.07) is 1.88. The Labute approximate surface area is 203 Å². The third-order valence-electron chi connectivity index (χ3n) is 5.19. The molecular formula is C20H25ClFN7O2S2. The van der Waals surface area contributed by atoms with Crippen LogP contribution in [0.4, 0.5) is 26.8 Å². The Hall–Kier alpha value is -2.09. The lowest BCUT2D eigenvalue weighted by Gasteiger charge is -2.35. The molecule has 0 spiro atoms. The number of rotatable bonds is 9. The van der Waals surface area contributed by atoms with Crippen LogP contribution in [-0.2, 0) is 6.67 Å². The van der Waals surface area contributed by atoms with Crippen molar-refractivity contribution in [3.05, 3.63) is 38.2 Å². The second-order valence-electron chi connectivity index (χ2n) is 7.47. The molecule has 1 aliphatic heterocycles. The van der Waals surface area contributed by atoms with Crippen LogP contribution in [-0.4, -0.2) is 69.4 Å². The Morgan fingerprint density at radius 3 is 2.79 bits per heavy atom. The monoisotopic (exact) mass is 513 g/mol. The van der Waals surface area contributed by atoms with E-state index in [9.17, 15) is 9.50 Å². The highest BCUT2D eigenvalue weighted by molar-refractivity contribution is 7.15. The molecule has 4 heterocycles. The van der Waals surface area contributed by atoms with Crippen molar-refractivity contribution in [1.82, 2.24) is 19.9 Å². The molecule has 3 aromatic rings. The lowest BCUT2D eigenvalue weighted by atomic mass is 10.3. The number of nitrogens with one attached hydrogen (secondary N) is 2. The average molecular weight is 514 g/mol. The van der Waals surface area contributed by atoms with Gasteiger partial charge in [0.2, 0.25) is 0 Å². The van der Waals surface area contributed by atoms with Gasteiger partial charge in [0.15, 0.2) is 11.4 Å². The first-order valence-electron chi connectivity index (χ1n) is 10.4. The first kappa shape index (κ1) is 24.0. The van der Waals surface area contributed by atoms with Gasteiger partial charge in [0.1, 0.15) is 24.1 Å². The number of alkyl halides is 1. The molecule has 13 heteroatoms. The van der Waals surface area contributed by atoms with E-state index in [1.165, 1.54) is 22.7 Å². The number of thiophene rings is 1. The maximum absolute atomic E-state index is 13.1. The van der Waals surface area contributed by atoms with E-state index in [1.54, 1.807) is 11.6 Å². The van der Waals surface area contributed by atoms with Crippen LogP contribution < -0.4 is 15.5 Å². The molecule has 0 saturated carbocycles. The Kier molecular flexibility index (Phi) is 7.94. The maximum Gasteiger partial charge on any atom is 0.188 e. The number of aryl methyl sites for hydroxylation is 1. The Bertz CT molecular complexity index is 1070. The lowest BCUT2D eigenvalue weighted by molar-refractivity contribution is 0.188. The fourth-order valence-electron chi connectivity index (χ4n) is 3.53. The average Bonchev–Trinajstić information content (AvgIpc) is 3.41. The van der Waals surface area contributed by atoms with Crippen LogP contribution in [0.5, 0.6) is 0 Å². The topological polar surface area (TPSA) is 110 Å². The Balaban J connectivity index is 1.42. The summed E-state index contributed by atoms with van der Waals surface area (Å²) < 4.78 is 13.1. The smallest absolute Gasteiger partial charge is 0.188 e. The first-order chi connectivity index (χ1) is 16.0. The molecule has 0 aromatic carbocycles. The summed E-state index contributed by atoms with van der Waals surface area (Å²) in [7, 11) is 0. The summed E-state index contributed by atoms with van der Waals surface area (Å²) in [6.07, 6.45) is 0.475. The second-order valence-corrected chi connectivity index (χ2v) is 9.90. The van der Waals surface area contributed by atoms with Crippen molar-refractivity contribution in [2.75, 3.05) is 54.9 Å². The normalized spacial score (nSPS) is 15.6. The van der Waals surface area contributed by atoms with Crippen LogP contribution in [0.25, 0.3) is 0 Å². The molecule has 1 unspecified atom stereocenters. The van der Waals surface area contributed by atoms with Gasteiger partial charge in [0.05, 0.1) is 27.1 Å². The van der Waals surface area contributed by atoms with Gasteiger partial charge >= 0.3 is 0 Å². The van der Waals surface area contributed by atoms with Crippen molar-refractivity contribution in [3.8, 4) is 0 Å². The van der Waals surface area contributed by atoms with Gasteiger partial charge in [-0.1, -0.05) is 22.9 Å². The van der Waals surface area contributed by atoms with Crippen LogP contribution in [0.15, 0.2) is 17.6 Å². The largest absolute Gasteiger partial charge is 0.395 e. The fourth-order valence-corrected chi connectivity index (χ4v) is 5.36. The molecule has 0 radical (unpaired) electrons. The standard InChI is InChI=1S/C20H25ClFN7O2S2/c1-12-24-16(8-17(25-12)29-4-2-28(3-5-29)6-7-30)26-20-23-10-15(33-20)19(31)27-18-13(21)11-32-14(18)9-22/h8,10-11,19,27,30-31H,2-7,9H2,1H3,(H,23,24,25,26). The van der Waals surface area contributed by atoms with E-state index in [1.807, 2.05) is 13.0 Å². The molecule has 4 N–H and O–H groups in total. The third kappa shape index (κ3) is 5.89. The van der Waals surface area contributed by atoms with Crippen LogP contribution in [0.1, 0.15) is 21.8 Å². The number of β-amino-alcohol motifs (C(OH)–C–C–N with tert-alkyl or cyclic N) is 1. The summed E-state index contributed by atoms with van der Waals surface area (Å²) >= 11 is 8.56. The van der Waals surface area contributed by atoms with E-state index in [4.69, 9.17) is 16.7 Å². The molecule has 1 saturated heterocycles. The number of thiazole rings is 1. The van der Waals surface area contributed by atoms with Gasteiger partial charge in [-0.3, -0.25) is 4.90 Å². The summed E-state index contributed by atoms with van der Waals surface area (Å²) in [6.45, 7) is 5.40. The molecule has 9 nitrogen and oxygen atoms in total. The minimum Gasteiger partial charge on any atom is -0.395 e. The number of anilines is 4. The number of halogens is 2. The highest BCUT2D eigenvalue weighted by atomic mass is 35.5. The van der Waals surface area contributed by atoms with Gasteiger partial charge < -0.3 is 25.7 Å². The van der Waals surface area contributed by atoms with Crippen molar-refractivity contribution in [1.29, 1.82) is 0 Å². The van der Waals surface area contributed by atoms with E-state index in [0.717, 1.165) is 32.0 Å². The van der Waals surface area contributed by atoms with E-state index >= 15 is 0 Å². The Morgan fingerprint density at radius 1 is 1.27 bits per heavy atom. The predicted octanol–water partition coefficient (Wildman–Crippen LogP) is 3.39. The van der Waals surface area contributed by atoms with E-state index in [2.05, 4.69) is 35.4 Å². The summed E-state index contributed by atoms with van der Waals surface area (Å²) in [5, 5.41) is 28.3. The quantitative estimate of drug-likeness (QED) is 0.320. The number of aromatic nitrogens is 3. The Morgan fingerprint density at radius 2 is 2.06 bits per heavy atom. The summed E-state index contributed by atoms with van der Waals surface area (Å²) in [5.41, 5.74) is 0.398. The van der Waals surface area contributed by atoms with E-state index in [0.29, 0.717) is 43.8 Å². The van der Waals surface area contributed by atoms with Crippen molar-refractivity contribution in [2.24, 2.45) is 0 Å². The highest BCUT2D eigenvalue weighted by Crippen LogP contribution is 2.36.